The summed E-state index contributed by atoms with van der Waals surface area (Å²) >= 11 is 0. The minimum atomic E-state index is -0.345. The lowest BCUT2D eigenvalue weighted by Crippen LogP contribution is -2.23. The van der Waals surface area contributed by atoms with E-state index in [1.165, 1.54) is 0 Å². The molecule has 0 unspecified atom stereocenters. The van der Waals surface area contributed by atoms with Gasteiger partial charge in [0.05, 0.1) is 0 Å². The minimum Gasteiger partial charge on any atom is -0.349 e. The molecule has 0 saturated carbocycles. The number of nitrogens with two attached hydrogens (primary N) is 1. The molecule has 3 N–H and O–H groups in total. The number of nitrogens with one attached hydrogen (secondary N) is 1. The number of hydrogen-bond donors (Lipinski definition) is 2. The van der Waals surface area contributed by atoms with E-state index in [0.29, 0.717) is 19.0 Å². The van der Waals surface area contributed by atoms with Gasteiger partial charge in [-0.15, -0.1) is 0 Å². The van der Waals surface area contributed by atoms with E-state index >= 15 is 0 Å². The number of benzene rings is 1. The van der Waals surface area contributed by atoms with Crippen LogP contribution in [0.5, 0.6) is 0 Å². The van der Waals surface area contributed by atoms with Crippen LogP contribution in [-0.2, 0) is 6.54 Å². The Morgan fingerprint density at radius 3 is 3.06 bits per heavy atom. The molecule has 18 heavy (non-hydrogen) atoms. The van der Waals surface area contributed by atoms with Crippen LogP contribution < -0.4 is 11.1 Å². The van der Waals surface area contributed by atoms with E-state index in [9.17, 15) is 4.79 Å². The van der Waals surface area contributed by atoms with Crippen molar-refractivity contribution in [3.63, 3.8) is 0 Å². The van der Waals surface area contributed by atoms with Crippen LogP contribution in [0.1, 0.15) is 23.1 Å². The topological polar surface area (TPSA) is 94.0 Å². The van der Waals surface area contributed by atoms with Crippen LogP contribution in [0.3, 0.4) is 0 Å². The first-order valence-electron chi connectivity index (χ1n) is 5.66. The summed E-state index contributed by atoms with van der Waals surface area (Å²) < 4.78 is 5.05. The summed E-state index contributed by atoms with van der Waals surface area (Å²) in [5.74, 6) is -0.000894. The maximum atomic E-state index is 11.5. The molecule has 0 aliphatic carbocycles. The number of nitrogens with zero attached hydrogens (tertiary/aromatic N) is 2. The summed E-state index contributed by atoms with van der Waals surface area (Å²) in [5, 5.41) is 6.24. The van der Waals surface area contributed by atoms with Gasteiger partial charge in [0.15, 0.2) is 0 Å². The lowest BCUT2D eigenvalue weighted by atomic mass is 10.1. The Morgan fingerprint density at radius 2 is 2.33 bits per heavy atom. The second kappa shape index (κ2) is 5.42. The summed E-state index contributed by atoms with van der Waals surface area (Å²) in [7, 11) is 0. The van der Waals surface area contributed by atoms with Gasteiger partial charge >= 0.3 is 0 Å². The molecule has 6 nitrogen and oxygen atoms in total. The van der Waals surface area contributed by atoms with Crippen molar-refractivity contribution in [2.24, 2.45) is 5.73 Å². The van der Waals surface area contributed by atoms with Crippen molar-refractivity contribution in [2.75, 3.05) is 6.54 Å². The van der Waals surface area contributed by atoms with Crippen molar-refractivity contribution in [1.82, 2.24) is 15.5 Å². The van der Waals surface area contributed by atoms with Gasteiger partial charge in [0, 0.05) is 18.7 Å². The van der Waals surface area contributed by atoms with Crippen molar-refractivity contribution >= 4 is 5.91 Å². The average Bonchev–Trinajstić information content (AvgIpc) is 2.89. The van der Waals surface area contributed by atoms with Crippen molar-refractivity contribution in [3.05, 3.63) is 35.7 Å². The highest BCUT2D eigenvalue weighted by Crippen LogP contribution is 2.18. The Labute approximate surface area is 104 Å². The van der Waals surface area contributed by atoms with Crippen molar-refractivity contribution in [1.29, 1.82) is 0 Å². The molecule has 0 aliphatic heterocycles. The molecule has 1 heterocycles. The summed E-state index contributed by atoms with van der Waals surface area (Å²) in [4.78, 5) is 15.5. The average molecular weight is 246 g/mol. The minimum absolute atomic E-state index is 0.0324. The van der Waals surface area contributed by atoms with Crippen LogP contribution in [0.25, 0.3) is 11.5 Å². The fourth-order valence-electron chi connectivity index (χ4n) is 1.50. The molecule has 0 atom stereocenters. The Morgan fingerprint density at radius 1 is 1.50 bits per heavy atom. The Bertz CT molecular complexity index is 551. The molecule has 0 radical (unpaired) electrons. The number of amides is 1. The SMILES string of the molecule is CCNC(=O)c1noc(-c2cccc(CN)c2)n1. The summed E-state index contributed by atoms with van der Waals surface area (Å²) in [5.41, 5.74) is 7.27. The number of rotatable bonds is 4. The maximum absolute atomic E-state index is 11.5. The third kappa shape index (κ3) is 2.54. The van der Waals surface area contributed by atoms with E-state index in [4.69, 9.17) is 10.3 Å². The van der Waals surface area contributed by atoms with E-state index in [0.717, 1.165) is 11.1 Å². The molecule has 1 aromatic carbocycles. The number of aromatic nitrogens is 2. The van der Waals surface area contributed by atoms with Crippen molar-refractivity contribution in [3.8, 4) is 11.5 Å². The quantitative estimate of drug-likeness (QED) is 0.837. The highest BCUT2D eigenvalue weighted by Gasteiger charge is 2.14. The van der Waals surface area contributed by atoms with E-state index < -0.39 is 0 Å². The predicted octanol–water partition coefficient (Wildman–Crippen LogP) is 0.945. The van der Waals surface area contributed by atoms with Gasteiger partial charge in [0.25, 0.3) is 17.6 Å². The van der Waals surface area contributed by atoms with Crippen molar-refractivity contribution < 1.29 is 9.32 Å². The zero-order valence-electron chi connectivity index (χ0n) is 10.0. The summed E-state index contributed by atoms with van der Waals surface area (Å²) in [6.07, 6.45) is 0. The summed E-state index contributed by atoms with van der Waals surface area (Å²) in [6.45, 7) is 2.78. The molecular formula is C12H14N4O2. The first-order chi connectivity index (χ1) is 8.74. The smallest absolute Gasteiger partial charge is 0.292 e. The fraction of sp³-hybridized carbons (Fsp3) is 0.250. The molecule has 0 bridgehead atoms. The standard InChI is InChI=1S/C12H14N4O2/c1-2-14-11(17)10-15-12(18-16-10)9-5-3-4-8(6-9)7-13/h3-6H,2,7,13H2,1H3,(H,14,17). The monoisotopic (exact) mass is 246 g/mol. The van der Waals surface area contributed by atoms with Gasteiger partial charge in [-0.25, -0.2) is 0 Å². The van der Waals surface area contributed by atoms with Crippen LogP contribution in [0.2, 0.25) is 0 Å². The number of carbonyl (C=O) groups excluding carboxylic acids is 1. The normalized spacial score (nSPS) is 10.3. The molecule has 0 saturated heterocycles. The van der Waals surface area contributed by atoms with Crippen LogP contribution in [0.15, 0.2) is 28.8 Å². The third-order valence-electron chi connectivity index (χ3n) is 2.38. The molecule has 2 rings (SSSR count). The molecular weight excluding hydrogens is 232 g/mol. The first kappa shape index (κ1) is 12.3. The third-order valence-corrected chi connectivity index (χ3v) is 2.38. The van der Waals surface area contributed by atoms with Gasteiger partial charge in [0.1, 0.15) is 0 Å². The van der Waals surface area contributed by atoms with Gasteiger partial charge in [-0.3, -0.25) is 4.79 Å². The number of carbonyl (C=O) groups is 1. The second-order valence-corrected chi connectivity index (χ2v) is 3.69. The van der Waals surface area contributed by atoms with Gasteiger partial charge in [-0.1, -0.05) is 17.3 Å². The van der Waals surface area contributed by atoms with Crippen LogP contribution in [0.4, 0.5) is 0 Å². The largest absolute Gasteiger partial charge is 0.349 e. The van der Waals surface area contributed by atoms with E-state index in [1.54, 1.807) is 0 Å². The molecule has 94 valence electrons. The fourth-order valence-corrected chi connectivity index (χ4v) is 1.50. The Balaban J connectivity index is 2.26. The molecule has 0 aliphatic rings. The first-order valence-corrected chi connectivity index (χ1v) is 5.66. The van der Waals surface area contributed by atoms with E-state index in [1.807, 2.05) is 31.2 Å². The summed E-state index contributed by atoms with van der Waals surface area (Å²) in [6, 6.07) is 7.45. The Hall–Kier alpha value is -2.21. The van der Waals surface area contributed by atoms with Gasteiger partial charge in [0.2, 0.25) is 0 Å². The van der Waals surface area contributed by atoms with Gasteiger partial charge in [-0.05, 0) is 24.6 Å². The predicted molar refractivity (Wildman–Crippen MR) is 65.6 cm³/mol. The molecule has 1 amide bonds. The zero-order valence-corrected chi connectivity index (χ0v) is 10.0. The van der Waals surface area contributed by atoms with Gasteiger partial charge in [-0.2, -0.15) is 4.98 Å². The van der Waals surface area contributed by atoms with Crippen molar-refractivity contribution in [2.45, 2.75) is 13.5 Å². The molecule has 6 heteroatoms. The lowest BCUT2D eigenvalue weighted by molar-refractivity contribution is 0.0942. The van der Waals surface area contributed by atoms with Crippen LogP contribution >= 0.6 is 0 Å². The Kier molecular flexibility index (Phi) is 3.69. The molecule has 2 aromatic rings. The van der Waals surface area contributed by atoms with Crippen LogP contribution in [0, 0.1) is 0 Å². The zero-order chi connectivity index (χ0) is 13.0. The number of hydrogen-bond acceptors (Lipinski definition) is 5. The molecule has 0 fully saturated rings. The highest BCUT2D eigenvalue weighted by molar-refractivity contribution is 5.90. The van der Waals surface area contributed by atoms with E-state index in [2.05, 4.69) is 15.5 Å². The van der Waals surface area contributed by atoms with Gasteiger partial charge < -0.3 is 15.6 Å². The molecule has 0 spiro atoms. The maximum Gasteiger partial charge on any atom is 0.292 e. The van der Waals surface area contributed by atoms with E-state index in [-0.39, 0.29) is 11.7 Å². The second-order valence-electron chi connectivity index (χ2n) is 3.69. The lowest BCUT2D eigenvalue weighted by Gasteiger charge is -1.98. The van der Waals surface area contributed by atoms with Crippen LogP contribution in [-0.4, -0.2) is 22.6 Å². The molecule has 1 aromatic heterocycles. The highest BCUT2D eigenvalue weighted by atomic mass is 16.5.